The summed E-state index contributed by atoms with van der Waals surface area (Å²) in [6, 6.07) is 0. The number of carbonyl (C=O) groups excluding carboxylic acids is 1. The van der Waals surface area contributed by atoms with Crippen molar-refractivity contribution in [2.24, 2.45) is 5.92 Å². The molecule has 7 heteroatoms. The molecule has 0 bridgehead atoms. The lowest BCUT2D eigenvalue weighted by atomic mass is 10.0. The summed E-state index contributed by atoms with van der Waals surface area (Å²) in [4.78, 5) is 23.8. The van der Waals surface area contributed by atoms with E-state index in [2.05, 4.69) is 29.0 Å². The molecule has 132 valence electrons. The summed E-state index contributed by atoms with van der Waals surface area (Å²) in [5.74, 6) is 1.91. The molecule has 1 unspecified atom stereocenters. The number of nitrogens with zero attached hydrogens (tertiary/aromatic N) is 3. The number of aliphatic hydroxyl groups is 1. The van der Waals surface area contributed by atoms with Gasteiger partial charge >= 0.3 is 0 Å². The zero-order valence-corrected chi connectivity index (χ0v) is 14.4. The minimum absolute atomic E-state index is 0.000307. The molecule has 7 nitrogen and oxygen atoms in total. The van der Waals surface area contributed by atoms with E-state index in [9.17, 15) is 4.79 Å². The molecule has 3 rings (SSSR count). The lowest BCUT2D eigenvalue weighted by molar-refractivity contribution is 0.0244. The molecule has 1 atom stereocenters. The maximum absolute atomic E-state index is 12.2. The quantitative estimate of drug-likeness (QED) is 0.818. The molecule has 0 saturated carbocycles. The highest BCUT2D eigenvalue weighted by Gasteiger charge is 2.29. The fourth-order valence-electron chi connectivity index (χ4n) is 3.27. The van der Waals surface area contributed by atoms with Gasteiger partial charge in [0.2, 0.25) is 0 Å². The number of rotatable bonds is 5. The minimum atomic E-state index is -0.106. The van der Waals surface area contributed by atoms with Crippen molar-refractivity contribution in [3.8, 4) is 0 Å². The largest absolute Gasteiger partial charge is 0.396 e. The Balaban J connectivity index is 1.95. The second-order valence-electron chi connectivity index (χ2n) is 6.85. The number of nitrogens with one attached hydrogen (secondary N) is 1. The van der Waals surface area contributed by atoms with Crippen molar-refractivity contribution in [3.63, 3.8) is 0 Å². The number of aliphatic hydroxyl groups excluding tert-OH is 1. The number of hydrogen-bond acceptors (Lipinski definition) is 6. The van der Waals surface area contributed by atoms with Gasteiger partial charge in [-0.2, -0.15) is 0 Å². The van der Waals surface area contributed by atoms with Gasteiger partial charge in [-0.05, 0) is 18.8 Å². The molecule has 0 spiro atoms. The van der Waals surface area contributed by atoms with Gasteiger partial charge in [0.1, 0.15) is 17.3 Å². The number of fused-ring (bicyclic) bond motifs is 1. The van der Waals surface area contributed by atoms with Crippen LogP contribution in [0.5, 0.6) is 0 Å². The molecule has 24 heavy (non-hydrogen) atoms. The van der Waals surface area contributed by atoms with Gasteiger partial charge in [-0.1, -0.05) is 13.8 Å². The summed E-state index contributed by atoms with van der Waals surface area (Å²) >= 11 is 0. The van der Waals surface area contributed by atoms with Crippen LogP contribution in [-0.4, -0.2) is 59.9 Å². The van der Waals surface area contributed by atoms with Crippen LogP contribution in [0.1, 0.15) is 42.1 Å². The highest BCUT2D eigenvalue weighted by atomic mass is 16.5. The topological polar surface area (TPSA) is 87.6 Å². The number of hydrogen-bond donors (Lipinski definition) is 2. The van der Waals surface area contributed by atoms with Crippen LogP contribution in [0.3, 0.4) is 0 Å². The Morgan fingerprint density at radius 3 is 3.00 bits per heavy atom. The smallest absolute Gasteiger partial charge is 0.270 e. The van der Waals surface area contributed by atoms with Crippen LogP contribution in [-0.2, 0) is 17.6 Å². The average molecular weight is 334 g/mol. The fourth-order valence-corrected chi connectivity index (χ4v) is 3.27. The molecule has 2 aliphatic heterocycles. The van der Waals surface area contributed by atoms with Crippen molar-refractivity contribution < 1.29 is 14.6 Å². The van der Waals surface area contributed by atoms with E-state index < -0.39 is 0 Å². The Labute approximate surface area is 142 Å². The van der Waals surface area contributed by atoms with Gasteiger partial charge in [0, 0.05) is 38.2 Å². The number of carbonyl (C=O) groups is 1. The molecule has 0 aliphatic carbocycles. The third-order valence-corrected chi connectivity index (χ3v) is 4.39. The number of ether oxygens (including phenoxy) is 1. The predicted octanol–water partition coefficient (Wildman–Crippen LogP) is 0.549. The van der Waals surface area contributed by atoms with E-state index in [0.717, 1.165) is 36.6 Å². The first-order valence-corrected chi connectivity index (χ1v) is 8.74. The SMILES string of the molecule is CC(C)Cc1nc2c(c(N3CCOC(CCO)C3)n1)CCNC2=O. The van der Waals surface area contributed by atoms with Crippen molar-refractivity contribution >= 4 is 11.7 Å². The monoisotopic (exact) mass is 334 g/mol. The molecule has 2 N–H and O–H groups in total. The Bertz CT molecular complexity index is 604. The predicted molar refractivity (Wildman–Crippen MR) is 90.3 cm³/mol. The van der Waals surface area contributed by atoms with Gasteiger partial charge in [-0.15, -0.1) is 0 Å². The number of morpholine rings is 1. The van der Waals surface area contributed by atoms with Gasteiger partial charge in [0.05, 0.1) is 12.7 Å². The summed E-state index contributed by atoms with van der Waals surface area (Å²) in [6.45, 7) is 7.01. The van der Waals surface area contributed by atoms with E-state index in [4.69, 9.17) is 14.8 Å². The van der Waals surface area contributed by atoms with E-state index >= 15 is 0 Å². The van der Waals surface area contributed by atoms with Crippen molar-refractivity contribution in [1.29, 1.82) is 0 Å². The van der Waals surface area contributed by atoms with Gasteiger partial charge in [-0.25, -0.2) is 9.97 Å². The zero-order chi connectivity index (χ0) is 17.1. The maximum Gasteiger partial charge on any atom is 0.270 e. The van der Waals surface area contributed by atoms with Crippen LogP contribution < -0.4 is 10.2 Å². The lowest BCUT2D eigenvalue weighted by Gasteiger charge is -2.35. The number of aromatic nitrogens is 2. The van der Waals surface area contributed by atoms with Gasteiger partial charge in [0.25, 0.3) is 5.91 Å². The van der Waals surface area contributed by atoms with E-state index in [1.165, 1.54) is 0 Å². The number of amides is 1. The highest BCUT2D eigenvalue weighted by Crippen LogP contribution is 2.26. The van der Waals surface area contributed by atoms with Crippen LogP contribution >= 0.6 is 0 Å². The Morgan fingerprint density at radius 2 is 2.25 bits per heavy atom. The van der Waals surface area contributed by atoms with Crippen molar-refractivity contribution in [2.75, 3.05) is 37.7 Å². The Kier molecular flexibility index (Phi) is 5.30. The van der Waals surface area contributed by atoms with E-state index in [1.54, 1.807) is 0 Å². The Morgan fingerprint density at radius 1 is 1.42 bits per heavy atom. The van der Waals surface area contributed by atoms with Crippen LogP contribution in [0.25, 0.3) is 0 Å². The van der Waals surface area contributed by atoms with Gasteiger partial charge in [-0.3, -0.25) is 4.79 Å². The van der Waals surface area contributed by atoms with E-state index in [1.807, 2.05) is 0 Å². The standard InChI is InChI=1S/C17H26N4O3/c1-11(2)9-14-19-15-13(3-5-18-17(15)23)16(20-14)21-6-8-24-12(10-21)4-7-22/h11-12,22H,3-10H2,1-2H3,(H,18,23). The molecule has 1 saturated heterocycles. The van der Waals surface area contributed by atoms with Gasteiger partial charge in [0.15, 0.2) is 0 Å². The minimum Gasteiger partial charge on any atom is -0.396 e. The third kappa shape index (κ3) is 3.67. The molecular formula is C17H26N4O3. The second kappa shape index (κ2) is 7.44. The summed E-state index contributed by atoms with van der Waals surface area (Å²) in [6.07, 6.45) is 2.11. The van der Waals surface area contributed by atoms with Crippen LogP contribution in [0.15, 0.2) is 0 Å². The van der Waals surface area contributed by atoms with Gasteiger partial charge < -0.3 is 20.1 Å². The second-order valence-corrected chi connectivity index (χ2v) is 6.85. The van der Waals surface area contributed by atoms with Crippen molar-refractivity contribution in [3.05, 3.63) is 17.1 Å². The average Bonchev–Trinajstić information content (AvgIpc) is 2.55. The maximum atomic E-state index is 12.2. The van der Waals surface area contributed by atoms with Crippen LogP contribution in [0.4, 0.5) is 5.82 Å². The molecule has 1 aromatic rings. The van der Waals surface area contributed by atoms with Crippen LogP contribution in [0.2, 0.25) is 0 Å². The van der Waals surface area contributed by atoms with Crippen LogP contribution in [0, 0.1) is 5.92 Å². The zero-order valence-electron chi connectivity index (χ0n) is 14.4. The first kappa shape index (κ1) is 17.1. The molecule has 1 amide bonds. The molecule has 0 aromatic carbocycles. The normalized spacial score (nSPS) is 20.9. The molecular weight excluding hydrogens is 308 g/mol. The van der Waals surface area contributed by atoms with E-state index in [-0.39, 0.29) is 18.6 Å². The third-order valence-electron chi connectivity index (χ3n) is 4.39. The number of anilines is 1. The van der Waals surface area contributed by atoms with Crippen molar-refractivity contribution in [2.45, 2.75) is 39.2 Å². The lowest BCUT2D eigenvalue weighted by Crippen LogP contribution is -2.45. The molecule has 1 aromatic heterocycles. The first-order valence-electron chi connectivity index (χ1n) is 8.74. The summed E-state index contributed by atoms with van der Waals surface area (Å²) in [7, 11) is 0. The highest BCUT2D eigenvalue weighted by molar-refractivity contribution is 5.96. The molecule has 2 aliphatic rings. The van der Waals surface area contributed by atoms with E-state index in [0.29, 0.717) is 37.7 Å². The summed E-state index contributed by atoms with van der Waals surface area (Å²) < 4.78 is 5.71. The fraction of sp³-hybridized carbons (Fsp3) is 0.706. The molecule has 3 heterocycles. The van der Waals surface area contributed by atoms with Crippen molar-refractivity contribution in [1.82, 2.24) is 15.3 Å². The Hall–Kier alpha value is -1.73. The summed E-state index contributed by atoms with van der Waals surface area (Å²) in [5.41, 5.74) is 1.46. The molecule has 0 radical (unpaired) electrons. The molecule has 1 fully saturated rings. The first-order chi connectivity index (χ1) is 11.6. The summed E-state index contributed by atoms with van der Waals surface area (Å²) in [5, 5.41) is 12.0.